The Hall–Kier alpha value is -3.54. The van der Waals surface area contributed by atoms with E-state index in [1.54, 1.807) is 36.4 Å². The number of nitrogen functional groups attached to an aromatic ring is 1. The summed E-state index contributed by atoms with van der Waals surface area (Å²) < 4.78 is 11.5. The third kappa shape index (κ3) is 5.01. The fraction of sp³-hybridized carbons (Fsp3) is 0.182. The number of hydrogen-bond acceptors (Lipinski definition) is 5. The Morgan fingerprint density at radius 2 is 1.79 bits per heavy atom. The number of carbonyl (C=O) groups excluding carboxylic acids is 1. The molecule has 0 aliphatic heterocycles. The van der Waals surface area contributed by atoms with Crippen LogP contribution in [-0.2, 0) is 0 Å². The fourth-order valence-electron chi connectivity index (χ4n) is 2.56. The summed E-state index contributed by atoms with van der Waals surface area (Å²) >= 11 is 0. The summed E-state index contributed by atoms with van der Waals surface area (Å²) in [6.07, 6.45) is 0.947. The number of hydrogen-bond donors (Lipinski definition) is 2. The van der Waals surface area contributed by atoms with E-state index in [0.717, 1.165) is 17.9 Å². The number of nitrogens with zero attached hydrogens (tertiary/aromatic N) is 1. The molecule has 2 aromatic carbocycles. The first-order chi connectivity index (χ1) is 13.5. The fourth-order valence-corrected chi connectivity index (χ4v) is 2.56. The molecule has 0 saturated carbocycles. The number of rotatable bonds is 7. The Morgan fingerprint density at radius 1 is 1.04 bits per heavy atom. The largest absolute Gasteiger partial charge is 0.493 e. The van der Waals surface area contributed by atoms with Crippen LogP contribution in [0.1, 0.15) is 29.4 Å². The smallest absolute Gasteiger partial charge is 0.259 e. The van der Waals surface area contributed by atoms with Crippen LogP contribution >= 0.6 is 0 Å². The maximum Gasteiger partial charge on any atom is 0.259 e. The van der Waals surface area contributed by atoms with Crippen LogP contribution in [0, 0.1) is 6.92 Å². The third-order valence-corrected chi connectivity index (χ3v) is 3.93. The van der Waals surface area contributed by atoms with Gasteiger partial charge < -0.3 is 20.5 Å². The van der Waals surface area contributed by atoms with E-state index >= 15 is 0 Å². The standard InChI is InChI=1S/C22H23N3O3/c1-3-13-27-18-5-4-6-19(14-18)28-17-10-8-16(9-11-17)25-22(26)20-12-7-15(2)24-21(20)23/h4-12,14H,3,13H2,1-2H3,(H2,23,24)(H,25,26). The van der Waals surface area contributed by atoms with Crippen molar-refractivity contribution in [1.29, 1.82) is 0 Å². The van der Waals surface area contributed by atoms with E-state index < -0.39 is 0 Å². The van der Waals surface area contributed by atoms with Crippen molar-refractivity contribution in [3.8, 4) is 17.2 Å². The topological polar surface area (TPSA) is 86.5 Å². The van der Waals surface area contributed by atoms with Gasteiger partial charge in [0.15, 0.2) is 0 Å². The highest BCUT2D eigenvalue weighted by atomic mass is 16.5. The van der Waals surface area contributed by atoms with Gasteiger partial charge in [-0.1, -0.05) is 13.0 Å². The van der Waals surface area contributed by atoms with Gasteiger partial charge in [-0.15, -0.1) is 0 Å². The lowest BCUT2D eigenvalue weighted by Crippen LogP contribution is -2.15. The molecule has 1 amide bonds. The Balaban J connectivity index is 1.64. The van der Waals surface area contributed by atoms with Crippen molar-refractivity contribution in [2.75, 3.05) is 17.7 Å². The van der Waals surface area contributed by atoms with Crippen LogP contribution in [0.25, 0.3) is 0 Å². The maximum absolute atomic E-state index is 12.4. The minimum Gasteiger partial charge on any atom is -0.493 e. The molecular formula is C22H23N3O3. The highest BCUT2D eigenvalue weighted by Gasteiger charge is 2.11. The zero-order chi connectivity index (χ0) is 19.9. The lowest BCUT2D eigenvalue weighted by molar-refractivity contribution is 0.102. The Labute approximate surface area is 164 Å². The number of pyridine rings is 1. The van der Waals surface area contributed by atoms with Crippen molar-refractivity contribution in [2.24, 2.45) is 0 Å². The van der Waals surface area contributed by atoms with Crippen LogP contribution in [0.5, 0.6) is 17.2 Å². The van der Waals surface area contributed by atoms with Crippen LogP contribution in [0.15, 0.2) is 60.7 Å². The molecule has 3 aromatic rings. The first-order valence-electron chi connectivity index (χ1n) is 9.10. The van der Waals surface area contributed by atoms with E-state index in [2.05, 4.69) is 17.2 Å². The van der Waals surface area contributed by atoms with Crippen LogP contribution < -0.4 is 20.5 Å². The molecule has 6 heteroatoms. The van der Waals surface area contributed by atoms with Crippen LogP contribution in [-0.4, -0.2) is 17.5 Å². The number of carbonyl (C=O) groups is 1. The van der Waals surface area contributed by atoms with Gasteiger partial charge >= 0.3 is 0 Å². The van der Waals surface area contributed by atoms with Gasteiger partial charge in [-0.05, 0) is 61.9 Å². The van der Waals surface area contributed by atoms with Gasteiger partial charge in [-0.2, -0.15) is 0 Å². The number of nitrogens with one attached hydrogen (secondary N) is 1. The predicted octanol–water partition coefficient (Wildman–Crippen LogP) is 4.81. The van der Waals surface area contributed by atoms with Gasteiger partial charge in [-0.25, -0.2) is 4.98 Å². The molecule has 1 heterocycles. The zero-order valence-corrected chi connectivity index (χ0v) is 15.9. The Morgan fingerprint density at radius 3 is 2.50 bits per heavy atom. The summed E-state index contributed by atoms with van der Waals surface area (Å²) in [5, 5.41) is 2.81. The molecule has 0 aliphatic rings. The van der Waals surface area contributed by atoms with E-state index in [0.29, 0.717) is 29.4 Å². The van der Waals surface area contributed by atoms with Crippen LogP contribution in [0.3, 0.4) is 0 Å². The highest BCUT2D eigenvalue weighted by molar-refractivity contribution is 6.07. The van der Waals surface area contributed by atoms with Gasteiger partial charge in [0, 0.05) is 17.4 Å². The second-order valence-corrected chi connectivity index (χ2v) is 6.29. The number of ether oxygens (including phenoxy) is 2. The van der Waals surface area contributed by atoms with Gasteiger partial charge in [0.2, 0.25) is 0 Å². The normalized spacial score (nSPS) is 10.4. The molecule has 0 unspecified atom stereocenters. The quantitative estimate of drug-likeness (QED) is 0.617. The summed E-state index contributed by atoms with van der Waals surface area (Å²) in [5.41, 5.74) is 7.57. The van der Waals surface area contributed by atoms with E-state index in [9.17, 15) is 4.79 Å². The molecule has 28 heavy (non-hydrogen) atoms. The maximum atomic E-state index is 12.4. The average molecular weight is 377 g/mol. The molecule has 0 saturated heterocycles. The molecule has 0 atom stereocenters. The second kappa shape index (κ2) is 8.90. The Kier molecular flexibility index (Phi) is 6.11. The van der Waals surface area contributed by atoms with Gasteiger partial charge in [-0.3, -0.25) is 4.79 Å². The molecular weight excluding hydrogens is 354 g/mol. The number of aryl methyl sites for hydroxylation is 1. The number of anilines is 2. The molecule has 3 rings (SSSR count). The number of nitrogens with two attached hydrogens (primary N) is 1. The molecule has 0 aliphatic carbocycles. The summed E-state index contributed by atoms with van der Waals surface area (Å²) in [6, 6.07) is 18.0. The molecule has 0 radical (unpaired) electrons. The highest BCUT2D eigenvalue weighted by Crippen LogP contribution is 2.26. The lowest BCUT2D eigenvalue weighted by atomic mass is 10.2. The molecule has 6 nitrogen and oxygen atoms in total. The third-order valence-electron chi connectivity index (χ3n) is 3.93. The molecule has 0 bridgehead atoms. The number of amides is 1. The average Bonchev–Trinajstić information content (AvgIpc) is 2.68. The predicted molar refractivity (Wildman–Crippen MR) is 110 cm³/mol. The first-order valence-corrected chi connectivity index (χ1v) is 9.10. The Bertz CT molecular complexity index is 955. The number of benzene rings is 2. The van der Waals surface area contributed by atoms with Crippen molar-refractivity contribution in [3.05, 3.63) is 71.9 Å². The van der Waals surface area contributed by atoms with Crippen molar-refractivity contribution in [1.82, 2.24) is 4.98 Å². The summed E-state index contributed by atoms with van der Waals surface area (Å²) in [5.74, 6) is 2.01. The van der Waals surface area contributed by atoms with Crippen molar-refractivity contribution < 1.29 is 14.3 Å². The lowest BCUT2D eigenvalue weighted by Gasteiger charge is -2.10. The molecule has 1 aromatic heterocycles. The van der Waals surface area contributed by atoms with Gasteiger partial charge in [0.1, 0.15) is 23.1 Å². The van der Waals surface area contributed by atoms with Crippen molar-refractivity contribution in [2.45, 2.75) is 20.3 Å². The number of aromatic nitrogens is 1. The van der Waals surface area contributed by atoms with E-state index in [1.165, 1.54) is 0 Å². The summed E-state index contributed by atoms with van der Waals surface area (Å²) in [7, 11) is 0. The first kappa shape index (κ1) is 19.2. The van der Waals surface area contributed by atoms with Gasteiger partial charge in [0.05, 0.1) is 12.2 Å². The minimum atomic E-state index is -0.306. The van der Waals surface area contributed by atoms with Crippen LogP contribution in [0.2, 0.25) is 0 Å². The second-order valence-electron chi connectivity index (χ2n) is 6.29. The van der Waals surface area contributed by atoms with E-state index in [1.807, 2.05) is 31.2 Å². The molecule has 0 spiro atoms. The summed E-state index contributed by atoms with van der Waals surface area (Å²) in [4.78, 5) is 16.5. The SMILES string of the molecule is CCCOc1cccc(Oc2ccc(NC(=O)c3ccc(C)nc3N)cc2)c1. The molecule has 144 valence electrons. The minimum absolute atomic E-state index is 0.211. The zero-order valence-electron chi connectivity index (χ0n) is 15.9. The van der Waals surface area contributed by atoms with E-state index in [4.69, 9.17) is 15.2 Å². The monoisotopic (exact) mass is 377 g/mol. The van der Waals surface area contributed by atoms with E-state index in [-0.39, 0.29) is 11.7 Å². The van der Waals surface area contributed by atoms with Crippen molar-refractivity contribution >= 4 is 17.4 Å². The van der Waals surface area contributed by atoms with Crippen molar-refractivity contribution in [3.63, 3.8) is 0 Å². The molecule has 3 N–H and O–H groups in total. The van der Waals surface area contributed by atoms with Gasteiger partial charge in [0.25, 0.3) is 5.91 Å². The van der Waals surface area contributed by atoms with Crippen LogP contribution in [0.4, 0.5) is 11.5 Å². The molecule has 0 fully saturated rings. The summed E-state index contributed by atoms with van der Waals surface area (Å²) in [6.45, 7) is 4.55.